The van der Waals surface area contributed by atoms with Gasteiger partial charge in [-0.05, 0) is 46.5 Å². The number of esters is 1. The molecule has 5 heteroatoms. The van der Waals surface area contributed by atoms with Gasteiger partial charge in [-0.3, -0.25) is 4.79 Å². The molecule has 1 unspecified atom stereocenters. The van der Waals surface area contributed by atoms with Gasteiger partial charge in [0.15, 0.2) is 0 Å². The summed E-state index contributed by atoms with van der Waals surface area (Å²) < 4.78 is 17.3. The van der Waals surface area contributed by atoms with E-state index >= 15 is 0 Å². The lowest BCUT2D eigenvalue weighted by Gasteiger charge is -2.32. The first-order valence-electron chi connectivity index (χ1n) is 7.84. The highest BCUT2D eigenvalue weighted by Gasteiger charge is 2.52. The summed E-state index contributed by atoms with van der Waals surface area (Å²) in [5.74, 6) is -0.612. The van der Waals surface area contributed by atoms with Gasteiger partial charge in [-0.2, -0.15) is 0 Å². The lowest BCUT2D eigenvalue weighted by atomic mass is 9.75. The summed E-state index contributed by atoms with van der Waals surface area (Å²) >= 11 is 0. The van der Waals surface area contributed by atoms with E-state index in [1.165, 1.54) is 0 Å². The Hall–Kier alpha value is -1.33. The van der Waals surface area contributed by atoms with Crippen LogP contribution in [0.4, 0.5) is 0 Å². The van der Waals surface area contributed by atoms with Crippen molar-refractivity contribution < 1.29 is 18.8 Å². The number of ether oxygens (including phenoxy) is 1. The molecule has 1 saturated heterocycles. The van der Waals surface area contributed by atoms with Gasteiger partial charge < -0.3 is 14.0 Å². The number of rotatable bonds is 5. The third-order valence-electron chi connectivity index (χ3n) is 4.50. The molecule has 0 aliphatic carbocycles. The van der Waals surface area contributed by atoms with Crippen LogP contribution in [0.5, 0.6) is 0 Å². The second-order valence-electron chi connectivity index (χ2n) is 6.64. The van der Waals surface area contributed by atoms with Crippen LogP contribution in [0.3, 0.4) is 0 Å². The number of carbonyl (C=O) groups excluding carboxylic acids is 1. The monoisotopic (exact) mass is 304 g/mol. The topological polar surface area (TPSA) is 44.8 Å². The van der Waals surface area contributed by atoms with Gasteiger partial charge in [-0.1, -0.05) is 30.3 Å². The zero-order valence-electron chi connectivity index (χ0n) is 14.1. The predicted octanol–water partition coefficient (Wildman–Crippen LogP) is 3.43. The van der Waals surface area contributed by atoms with Crippen LogP contribution in [0.25, 0.3) is 0 Å². The Balaban J connectivity index is 2.16. The first-order valence-corrected chi connectivity index (χ1v) is 7.84. The highest BCUT2D eigenvalue weighted by atomic mass is 16.7. The van der Waals surface area contributed by atoms with Gasteiger partial charge in [0, 0.05) is 0 Å². The third kappa shape index (κ3) is 3.53. The summed E-state index contributed by atoms with van der Waals surface area (Å²) in [5, 5.41) is 0. The first-order chi connectivity index (χ1) is 10.3. The summed E-state index contributed by atoms with van der Waals surface area (Å²) in [6.07, 6.45) is 0.454. The molecule has 120 valence electrons. The highest BCUT2D eigenvalue weighted by molar-refractivity contribution is 6.46. The average Bonchev–Trinajstić information content (AvgIpc) is 2.65. The molecular formula is C17H25BO4. The van der Waals surface area contributed by atoms with Crippen LogP contribution < -0.4 is 0 Å². The lowest BCUT2D eigenvalue weighted by Crippen LogP contribution is -2.41. The lowest BCUT2D eigenvalue weighted by molar-refractivity contribution is -0.144. The van der Waals surface area contributed by atoms with E-state index < -0.39 is 18.3 Å². The molecule has 4 nitrogen and oxygen atoms in total. The van der Waals surface area contributed by atoms with E-state index in [1.54, 1.807) is 0 Å². The zero-order valence-corrected chi connectivity index (χ0v) is 14.1. The minimum atomic E-state index is -0.417. The molecule has 1 heterocycles. The van der Waals surface area contributed by atoms with Gasteiger partial charge in [0.25, 0.3) is 0 Å². The molecule has 0 radical (unpaired) electrons. The molecule has 1 aliphatic rings. The molecule has 1 fully saturated rings. The molecule has 1 aromatic carbocycles. The Bertz CT molecular complexity index is 497. The van der Waals surface area contributed by atoms with Crippen molar-refractivity contribution in [2.24, 2.45) is 0 Å². The number of benzene rings is 1. The normalized spacial score (nSPS) is 20.7. The Morgan fingerprint density at radius 2 is 1.68 bits per heavy atom. The van der Waals surface area contributed by atoms with Crippen LogP contribution in [0.2, 0.25) is 6.32 Å². The van der Waals surface area contributed by atoms with Crippen LogP contribution in [-0.2, 0) is 18.8 Å². The van der Waals surface area contributed by atoms with E-state index in [0.29, 0.717) is 12.9 Å². The molecule has 0 spiro atoms. The fourth-order valence-electron chi connectivity index (χ4n) is 2.55. The van der Waals surface area contributed by atoms with Crippen LogP contribution in [0, 0.1) is 0 Å². The van der Waals surface area contributed by atoms with Crippen molar-refractivity contribution in [1.29, 1.82) is 0 Å². The summed E-state index contributed by atoms with van der Waals surface area (Å²) in [5.41, 5.74) is 0.136. The van der Waals surface area contributed by atoms with Crippen molar-refractivity contribution >= 4 is 13.1 Å². The minimum absolute atomic E-state index is 0.233. The van der Waals surface area contributed by atoms with Crippen molar-refractivity contribution in [1.82, 2.24) is 0 Å². The van der Waals surface area contributed by atoms with Crippen molar-refractivity contribution in [3.63, 3.8) is 0 Å². The Labute approximate surface area is 133 Å². The molecule has 22 heavy (non-hydrogen) atoms. The van der Waals surface area contributed by atoms with E-state index in [4.69, 9.17) is 14.0 Å². The van der Waals surface area contributed by atoms with Crippen LogP contribution >= 0.6 is 0 Å². The fraction of sp³-hybridized carbons (Fsp3) is 0.588. The molecular weight excluding hydrogens is 279 g/mol. The largest absolute Gasteiger partial charge is 0.466 e. The number of hydrogen-bond donors (Lipinski definition) is 0. The van der Waals surface area contributed by atoms with Crippen molar-refractivity contribution in [2.75, 3.05) is 6.61 Å². The summed E-state index contributed by atoms with van der Waals surface area (Å²) in [7, 11) is -0.417. The van der Waals surface area contributed by atoms with Gasteiger partial charge in [0.05, 0.1) is 23.7 Å². The van der Waals surface area contributed by atoms with E-state index in [9.17, 15) is 4.79 Å². The molecule has 0 amide bonds. The molecule has 1 aliphatic heterocycles. The smallest absolute Gasteiger partial charge is 0.459 e. The minimum Gasteiger partial charge on any atom is -0.466 e. The van der Waals surface area contributed by atoms with E-state index in [2.05, 4.69) is 0 Å². The van der Waals surface area contributed by atoms with Crippen molar-refractivity contribution in [2.45, 2.75) is 58.1 Å². The predicted molar refractivity (Wildman–Crippen MR) is 86.7 cm³/mol. The highest BCUT2D eigenvalue weighted by Crippen LogP contribution is 2.39. The molecule has 0 bridgehead atoms. The SMILES string of the molecule is CCOC(=O)C(CB1OC(C)(C)C(C)(C)O1)c1ccccc1. The zero-order chi connectivity index (χ0) is 16.4. The summed E-state index contributed by atoms with van der Waals surface area (Å²) in [4.78, 5) is 12.3. The fourth-order valence-corrected chi connectivity index (χ4v) is 2.55. The Kier molecular flexibility index (Phi) is 4.98. The molecule has 0 aromatic heterocycles. The van der Waals surface area contributed by atoms with Crippen LogP contribution in [0.1, 0.15) is 46.1 Å². The van der Waals surface area contributed by atoms with Crippen LogP contribution in [0.15, 0.2) is 30.3 Å². The molecule has 0 saturated carbocycles. The summed E-state index contributed by atoms with van der Waals surface area (Å²) in [6, 6.07) is 9.65. The van der Waals surface area contributed by atoms with E-state index in [0.717, 1.165) is 5.56 Å². The molecule has 1 atom stereocenters. The second kappa shape index (κ2) is 6.43. The maximum atomic E-state index is 12.3. The summed E-state index contributed by atoms with van der Waals surface area (Å²) in [6.45, 7) is 10.2. The van der Waals surface area contributed by atoms with Gasteiger partial charge >= 0.3 is 13.1 Å². The van der Waals surface area contributed by atoms with Crippen molar-refractivity contribution in [3.8, 4) is 0 Å². The number of hydrogen-bond acceptors (Lipinski definition) is 4. The standard InChI is InChI=1S/C17H25BO4/c1-6-20-15(19)14(13-10-8-7-9-11-13)12-18-21-16(2,3)17(4,5)22-18/h7-11,14H,6,12H2,1-5H3. The number of carbonyl (C=O) groups is 1. The maximum Gasteiger partial charge on any atom is 0.459 e. The quantitative estimate of drug-likeness (QED) is 0.617. The second-order valence-corrected chi connectivity index (χ2v) is 6.64. The molecule has 1 aromatic rings. The van der Waals surface area contributed by atoms with Gasteiger partial charge in [-0.15, -0.1) is 0 Å². The van der Waals surface area contributed by atoms with Gasteiger partial charge in [0.2, 0.25) is 0 Å². The third-order valence-corrected chi connectivity index (χ3v) is 4.50. The maximum absolute atomic E-state index is 12.3. The van der Waals surface area contributed by atoms with E-state index in [-0.39, 0.29) is 11.9 Å². The Morgan fingerprint density at radius 3 is 2.18 bits per heavy atom. The van der Waals surface area contributed by atoms with E-state index in [1.807, 2.05) is 65.0 Å². The Morgan fingerprint density at radius 1 is 1.14 bits per heavy atom. The molecule has 0 N–H and O–H groups in total. The first kappa shape index (κ1) is 17.0. The average molecular weight is 304 g/mol. The van der Waals surface area contributed by atoms with Gasteiger partial charge in [-0.25, -0.2) is 0 Å². The van der Waals surface area contributed by atoms with Crippen molar-refractivity contribution in [3.05, 3.63) is 35.9 Å². The van der Waals surface area contributed by atoms with Gasteiger partial charge in [0.1, 0.15) is 0 Å². The molecule has 2 rings (SSSR count). The van der Waals surface area contributed by atoms with Crippen LogP contribution in [-0.4, -0.2) is 30.9 Å².